The number of hydrogen-bond donors (Lipinski definition) is 0. The molecule has 0 amide bonds. The van der Waals surface area contributed by atoms with Crippen LogP contribution < -0.4 is 4.74 Å². The van der Waals surface area contributed by atoms with Gasteiger partial charge in [-0.15, -0.1) is 0 Å². The Kier molecular flexibility index (Phi) is 6.46. The normalized spacial score (nSPS) is 17.4. The van der Waals surface area contributed by atoms with E-state index in [4.69, 9.17) is 4.74 Å². The number of aryl methyl sites for hydroxylation is 1. The van der Waals surface area contributed by atoms with Crippen molar-refractivity contribution < 1.29 is 9.13 Å². The molecule has 4 rings (SSSR count). The van der Waals surface area contributed by atoms with Gasteiger partial charge in [0.25, 0.3) is 0 Å². The lowest BCUT2D eigenvalue weighted by atomic mass is 10.1. The van der Waals surface area contributed by atoms with E-state index in [2.05, 4.69) is 53.1 Å². The predicted octanol–water partition coefficient (Wildman–Crippen LogP) is 5.55. The van der Waals surface area contributed by atoms with Crippen LogP contribution in [0.15, 0.2) is 72.8 Å². The third-order valence-corrected chi connectivity index (χ3v) is 5.82. The van der Waals surface area contributed by atoms with Crippen LogP contribution in [0.4, 0.5) is 4.39 Å². The summed E-state index contributed by atoms with van der Waals surface area (Å²) in [5.41, 5.74) is 4.59. The van der Waals surface area contributed by atoms with Gasteiger partial charge < -0.3 is 4.74 Å². The second kappa shape index (κ2) is 9.41. The largest absolute Gasteiger partial charge is 0.494 e. The topological polar surface area (TPSA) is 15.7 Å². The standard InChI is InChI=1S/C26H29FN2O/c1-3-30-24-14-12-21(13-15-24)26-28(18-22-9-5-4-8-20(22)2)16-17-29(26)19-23-10-6-7-11-25(23)27/h4-15,26H,3,16-19H2,1-2H3/t26-/m1/s1. The fraction of sp³-hybridized carbons (Fsp3) is 0.308. The van der Waals surface area contributed by atoms with E-state index in [9.17, 15) is 4.39 Å². The molecule has 4 heteroatoms. The second-order valence-electron chi connectivity index (χ2n) is 7.83. The maximum Gasteiger partial charge on any atom is 0.127 e. The molecule has 0 N–H and O–H groups in total. The summed E-state index contributed by atoms with van der Waals surface area (Å²) < 4.78 is 20.0. The van der Waals surface area contributed by atoms with Crippen molar-refractivity contribution in [3.63, 3.8) is 0 Å². The minimum absolute atomic E-state index is 0.0971. The monoisotopic (exact) mass is 404 g/mol. The Morgan fingerprint density at radius 2 is 1.43 bits per heavy atom. The van der Waals surface area contributed by atoms with Gasteiger partial charge in [0, 0.05) is 31.7 Å². The third kappa shape index (κ3) is 4.55. The molecule has 156 valence electrons. The highest BCUT2D eigenvalue weighted by Crippen LogP contribution is 2.34. The summed E-state index contributed by atoms with van der Waals surface area (Å²) in [5.74, 6) is 0.741. The summed E-state index contributed by atoms with van der Waals surface area (Å²) >= 11 is 0. The molecule has 3 nitrogen and oxygen atoms in total. The minimum atomic E-state index is -0.139. The van der Waals surface area contributed by atoms with Crippen molar-refractivity contribution in [1.82, 2.24) is 9.80 Å². The SMILES string of the molecule is CCOc1ccc([C@@H]2N(Cc3ccccc3C)CCN2Cc2ccccc2F)cc1. The van der Waals surface area contributed by atoms with Crippen molar-refractivity contribution in [2.45, 2.75) is 33.1 Å². The zero-order valence-corrected chi connectivity index (χ0v) is 17.7. The molecule has 0 radical (unpaired) electrons. The Morgan fingerprint density at radius 3 is 2.07 bits per heavy atom. The lowest BCUT2D eigenvalue weighted by Crippen LogP contribution is -2.31. The summed E-state index contributed by atoms with van der Waals surface area (Å²) in [6, 6.07) is 24.0. The number of halogens is 1. The molecule has 1 heterocycles. The van der Waals surface area contributed by atoms with Gasteiger partial charge in [-0.2, -0.15) is 0 Å². The highest BCUT2D eigenvalue weighted by molar-refractivity contribution is 5.31. The first-order valence-electron chi connectivity index (χ1n) is 10.6. The summed E-state index contributed by atoms with van der Waals surface area (Å²) in [6.45, 7) is 8.12. The van der Waals surface area contributed by atoms with E-state index < -0.39 is 0 Å². The third-order valence-electron chi connectivity index (χ3n) is 5.82. The molecular weight excluding hydrogens is 375 g/mol. The fourth-order valence-corrected chi connectivity index (χ4v) is 4.24. The first-order valence-corrected chi connectivity index (χ1v) is 10.6. The molecule has 1 atom stereocenters. The summed E-state index contributed by atoms with van der Waals surface area (Å²) in [6.07, 6.45) is 0.0971. The van der Waals surface area contributed by atoms with E-state index in [0.29, 0.717) is 13.2 Å². The molecule has 0 bridgehead atoms. The van der Waals surface area contributed by atoms with Crippen molar-refractivity contribution in [3.05, 3.63) is 101 Å². The number of hydrogen-bond acceptors (Lipinski definition) is 3. The zero-order chi connectivity index (χ0) is 20.9. The highest BCUT2D eigenvalue weighted by Gasteiger charge is 2.33. The van der Waals surface area contributed by atoms with E-state index in [1.54, 1.807) is 12.1 Å². The summed E-state index contributed by atoms with van der Waals surface area (Å²) in [5, 5.41) is 0. The van der Waals surface area contributed by atoms with E-state index in [-0.39, 0.29) is 12.0 Å². The Morgan fingerprint density at radius 1 is 0.833 bits per heavy atom. The van der Waals surface area contributed by atoms with E-state index in [1.165, 1.54) is 16.7 Å². The second-order valence-corrected chi connectivity index (χ2v) is 7.83. The molecule has 1 aliphatic rings. The van der Waals surface area contributed by atoms with Crippen molar-refractivity contribution >= 4 is 0 Å². The van der Waals surface area contributed by atoms with Crippen molar-refractivity contribution in [2.75, 3.05) is 19.7 Å². The summed E-state index contributed by atoms with van der Waals surface area (Å²) in [4.78, 5) is 4.85. The van der Waals surface area contributed by atoms with Crippen LogP contribution in [-0.4, -0.2) is 29.5 Å². The molecule has 0 unspecified atom stereocenters. The lowest BCUT2D eigenvalue weighted by Gasteiger charge is -2.31. The smallest absolute Gasteiger partial charge is 0.127 e. The van der Waals surface area contributed by atoms with Gasteiger partial charge in [-0.25, -0.2) is 4.39 Å². The molecule has 0 aromatic heterocycles. The van der Waals surface area contributed by atoms with Crippen LogP contribution in [-0.2, 0) is 13.1 Å². The maximum absolute atomic E-state index is 14.4. The molecule has 1 fully saturated rings. The van der Waals surface area contributed by atoms with Gasteiger partial charge in [-0.05, 0) is 48.7 Å². The van der Waals surface area contributed by atoms with Crippen LogP contribution in [0.1, 0.15) is 35.3 Å². The van der Waals surface area contributed by atoms with Crippen LogP contribution in [0.5, 0.6) is 5.75 Å². The lowest BCUT2D eigenvalue weighted by molar-refractivity contribution is 0.124. The number of rotatable bonds is 7. The Balaban J connectivity index is 1.62. The number of nitrogens with zero attached hydrogens (tertiary/aromatic N) is 2. The maximum atomic E-state index is 14.4. The molecule has 0 saturated carbocycles. The first-order chi connectivity index (χ1) is 14.7. The average molecular weight is 405 g/mol. The fourth-order valence-electron chi connectivity index (χ4n) is 4.24. The minimum Gasteiger partial charge on any atom is -0.494 e. The van der Waals surface area contributed by atoms with Gasteiger partial charge in [0.15, 0.2) is 0 Å². The van der Waals surface area contributed by atoms with E-state index in [0.717, 1.165) is 30.9 Å². The van der Waals surface area contributed by atoms with Gasteiger partial charge >= 0.3 is 0 Å². The number of benzene rings is 3. The molecule has 30 heavy (non-hydrogen) atoms. The van der Waals surface area contributed by atoms with Crippen LogP contribution in [0.2, 0.25) is 0 Å². The van der Waals surface area contributed by atoms with Crippen LogP contribution in [0.25, 0.3) is 0 Å². The van der Waals surface area contributed by atoms with E-state index >= 15 is 0 Å². The molecular formula is C26H29FN2O. The Bertz CT molecular complexity index is 917. The van der Waals surface area contributed by atoms with Crippen LogP contribution >= 0.6 is 0 Å². The molecule has 3 aromatic carbocycles. The average Bonchev–Trinajstić information content (AvgIpc) is 3.14. The van der Waals surface area contributed by atoms with Gasteiger partial charge in [0.1, 0.15) is 11.6 Å². The predicted molar refractivity (Wildman–Crippen MR) is 119 cm³/mol. The van der Waals surface area contributed by atoms with Gasteiger partial charge in [-0.3, -0.25) is 9.80 Å². The highest BCUT2D eigenvalue weighted by atomic mass is 19.1. The van der Waals surface area contributed by atoms with Crippen molar-refractivity contribution in [3.8, 4) is 5.75 Å². The van der Waals surface area contributed by atoms with E-state index in [1.807, 2.05) is 31.2 Å². The Labute approximate surface area is 178 Å². The molecule has 1 saturated heterocycles. The quantitative estimate of drug-likeness (QED) is 0.513. The summed E-state index contributed by atoms with van der Waals surface area (Å²) in [7, 11) is 0. The van der Waals surface area contributed by atoms with Crippen molar-refractivity contribution in [1.29, 1.82) is 0 Å². The molecule has 3 aromatic rings. The number of ether oxygens (including phenoxy) is 1. The zero-order valence-electron chi connectivity index (χ0n) is 17.7. The molecule has 1 aliphatic heterocycles. The van der Waals surface area contributed by atoms with Gasteiger partial charge in [-0.1, -0.05) is 54.6 Å². The first kappa shape index (κ1) is 20.6. The molecule has 0 aliphatic carbocycles. The van der Waals surface area contributed by atoms with Crippen LogP contribution in [0, 0.1) is 12.7 Å². The van der Waals surface area contributed by atoms with Gasteiger partial charge in [0.05, 0.1) is 12.8 Å². The Hall–Kier alpha value is -2.69. The van der Waals surface area contributed by atoms with Gasteiger partial charge in [0.2, 0.25) is 0 Å². The van der Waals surface area contributed by atoms with Crippen molar-refractivity contribution in [2.24, 2.45) is 0 Å². The van der Waals surface area contributed by atoms with Crippen LogP contribution in [0.3, 0.4) is 0 Å². The molecule has 0 spiro atoms.